The Hall–Kier alpha value is -1.97. The zero-order valence-electron chi connectivity index (χ0n) is 17.4. The van der Waals surface area contributed by atoms with E-state index in [1.54, 1.807) is 0 Å². The van der Waals surface area contributed by atoms with E-state index in [4.69, 9.17) is 9.47 Å². The number of esters is 1. The van der Waals surface area contributed by atoms with E-state index >= 15 is 0 Å². The highest BCUT2D eigenvalue weighted by atomic mass is 16.6. The zero-order chi connectivity index (χ0) is 19.6. The van der Waals surface area contributed by atoms with Crippen LogP contribution in [-0.2, 0) is 14.3 Å². The first kappa shape index (κ1) is 21.3. The van der Waals surface area contributed by atoms with Gasteiger partial charge in [-0.3, -0.25) is 0 Å². The van der Waals surface area contributed by atoms with Gasteiger partial charge in [0.1, 0.15) is 5.76 Å². The number of carbonyl (C=O) groups excluding carboxylic acids is 1. The predicted molar refractivity (Wildman–Crippen MR) is 110 cm³/mol. The van der Waals surface area contributed by atoms with E-state index in [1.165, 1.54) is 56.9 Å². The molecule has 1 aliphatic heterocycles. The first-order chi connectivity index (χ1) is 13.1. The van der Waals surface area contributed by atoms with E-state index in [-0.39, 0.29) is 12.6 Å². The van der Waals surface area contributed by atoms with Gasteiger partial charge in [-0.1, -0.05) is 63.7 Å². The van der Waals surface area contributed by atoms with Gasteiger partial charge in [0, 0.05) is 18.3 Å². The highest BCUT2D eigenvalue weighted by Crippen LogP contribution is 2.38. The van der Waals surface area contributed by atoms with Crippen molar-refractivity contribution in [3.05, 3.63) is 46.9 Å². The van der Waals surface area contributed by atoms with Gasteiger partial charge in [0.05, 0.1) is 13.2 Å². The fourth-order valence-corrected chi connectivity index (χ4v) is 3.88. The number of hydrogen-bond donors (Lipinski definition) is 0. The van der Waals surface area contributed by atoms with Gasteiger partial charge in [-0.05, 0) is 31.4 Å². The van der Waals surface area contributed by atoms with E-state index in [0.717, 1.165) is 24.2 Å². The second kappa shape index (κ2) is 11.0. The average Bonchev–Trinajstić information content (AvgIpc) is 2.92. The van der Waals surface area contributed by atoms with Crippen molar-refractivity contribution in [2.24, 2.45) is 0 Å². The standard InChI is InChI=1S/C23H35NO3/c1-5-6-7-8-9-12-15-20-18(2)23(27-17-22(25)26-4)19-14-11-10-13-16-21(19)24(20)3/h10-11,14,16,20H,5-9,12-13,15,17H2,1-4H3. The van der Waals surface area contributed by atoms with E-state index in [0.29, 0.717) is 6.04 Å². The van der Waals surface area contributed by atoms with Crippen LogP contribution in [0, 0.1) is 0 Å². The highest BCUT2D eigenvalue weighted by molar-refractivity contribution is 5.71. The number of carbonyl (C=O) groups is 1. The third-order valence-electron chi connectivity index (χ3n) is 5.47. The Labute approximate surface area is 164 Å². The van der Waals surface area contributed by atoms with Gasteiger partial charge in [-0.2, -0.15) is 0 Å². The van der Waals surface area contributed by atoms with Crippen LogP contribution in [0.2, 0.25) is 0 Å². The average molecular weight is 374 g/mol. The molecule has 0 aromatic carbocycles. The van der Waals surface area contributed by atoms with Gasteiger partial charge in [0.25, 0.3) is 0 Å². The summed E-state index contributed by atoms with van der Waals surface area (Å²) in [7, 11) is 3.56. The summed E-state index contributed by atoms with van der Waals surface area (Å²) in [5.74, 6) is 0.490. The molecule has 0 saturated carbocycles. The largest absolute Gasteiger partial charge is 0.481 e. The van der Waals surface area contributed by atoms with Crippen LogP contribution in [0.3, 0.4) is 0 Å². The van der Waals surface area contributed by atoms with Gasteiger partial charge in [-0.25, -0.2) is 4.79 Å². The second-order valence-corrected chi connectivity index (χ2v) is 7.39. The van der Waals surface area contributed by atoms with Gasteiger partial charge in [0.15, 0.2) is 6.61 Å². The van der Waals surface area contributed by atoms with Crippen molar-refractivity contribution in [2.45, 2.75) is 71.3 Å². The molecule has 0 spiro atoms. The molecule has 0 aromatic rings. The van der Waals surface area contributed by atoms with Crippen molar-refractivity contribution in [2.75, 3.05) is 20.8 Å². The number of unbranched alkanes of at least 4 members (excludes halogenated alkanes) is 5. The molecule has 0 fully saturated rings. The van der Waals surface area contributed by atoms with Crippen molar-refractivity contribution < 1.29 is 14.3 Å². The van der Waals surface area contributed by atoms with Crippen molar-refractivity contribution in [3.63, 3.8) is 0 Å². The van der Waals surface area contributed by atoms with Crippen LogP contribution in [0.1, 0.15) is 65.2 Å². The number of allylic oxidation sites excluding steroid dienone is 4. The molecule has 1 unspecified atom stereocenters. The maximum atomic E-state index is 11.6. The second-order valence-electron chi connectivity index (χ2n) is 7.39. The maximum absolute atomic E-state index is 11.6. The number of rotatable bonds is 10. The highest BCUT2D eigenvalue weighted by Gasteiger charge is 2.32. The Morgan fingerprint density at radius 1 is 1.22 bits per heavy atom. The summed E-state index contributed by atoms with van der Waals surface area (Å²) in [4.78, 5) is 14.0. The number of fused-ring (bicyclic) bond motifs is 1. The topological polar surface area (TPSA) is 38.8 Å². The van der Waals surface area contributed by atoms with Crippen LogP contribution in [0.5, 0.6) is 0 Å². The SMILES string of the molecule is CCCCCCCCC1C(C)=C(OCC(=O)OC)C2=CC=CCC=C2N1C. The molecular formula is C23H35NO3. The summed E-state index contributed by atoms with van der Waals surface area (Å²) in [5, 5.41) is 0. The number of nitrogens with zero attached hydrogens (tertiary/aromatic N) is 1. The Morgan fingerprint density at radius 2 is 1.96 bits per heavy atom. The van der Waals surface area contributed by atoms with Crippen LogP contribution in [-0.4, -0.2) is 37.7 Å². The van der Waals surface area contributed by atoms with E-state index < -0.39 is 0 Å². The van der Waals surface area contributed by atoms with Crippen molar-refractivity contribution >= 4 is 5.97 Å². The summed E-state index contributed by atoms with van der Waals surface area (Å²) in [6, 6.07) is 0.310. The smallest absolute Gasteiger partial charge is 0.343 e. The monoisotopic (exact) mass is 373 g/mol. The molecule has 0 radical (unpaired) electrons. The number of methoxy groups -OCH3 is 1. The van der Waals surface area contributed by atoms with Gasteiger partial charge in [0.2, 0.25) is 0 Å². The molecule has 1 heterocycles. The minimum atomic E-state index is -0.350. The van der Waals surface area contributed by atoms with Crippen LogP contribution in [0.25, 0.3) is 0 Å². The molecule has 0 amide bonds. The van der Waals surface area contributed by atoms with E-state index in [2.05, 4.69) is 50.1 Å². The third-order valence-corrected chi connectivity index (χ3v) is 5.47. The summed E-state index contributed by atoms with van der Waals surface area (Å²) in [6.45, 7) is 4.34. The molecule has 0 N–H and O–H groups in total. The van der Waals surface area contributed by atoms with E-state index in [1.807, 2.05) is 0 Å². The summed E-state index contributed by atoms with van der Waals surface area (Å²) in [6.07, 6.45) is 18.3. The molecule has 4 heteroatoms. The lowest BCUT2D eigenvalue weighted by Crippen LogP contribution is -2.38. The summed E-state index contributed by atoms with van der Waals surface area (Å²) in [5.41, 5.74) is 3.46. The first-order valence-electron chi connectivity index (χ1n) is 10.3. The lowest BCUT2D eigenvalue weighted by Gasteiger charge is -2.40. The van der Waals surface area contributed by atoms with E-state index in [9.17, 15) is 4.79 Å². The lowest BCUT2D eigenvalue weighted by atomic mass is 9.90. The van der Waals surface area contributed by atoms with Crippen LogP contribution in [0.4, 0.5) is 0 Å². The minimum Gasteiger partial charge on any atom is -0.481 e. The zero-order valence-corrected chi connectivity index (χ0v) is 17.4. The Kier molecular flexibility index (Phi) is 8.70. The number of ether oxygens (including phenoxy) is 2. The molecule has 0 saturated heterocycles. The van der Waals surface area contributed by atoms with Crippen LogP contribution in [0.15, 0.2) is 46.9 Å². The first-order valence-corrected chi connectivity index (χ1v) is 10.3. The van der Waals surface area contributed by atoms with Gasteiger partial charge in [-0.15, -0.1) is 0 Å². The third kappa shape index (κ3) is 5.75. The van der Waals surface area contributed by atoms with Crippen LogP contribution >= 0.6 is 0 Å². The van der Waals surface area contributed by atoms with Crippen molar-refractivity contribution in [1.82, 2.24) is 4.90 Å². The molecule has 27 heavy (non-hydrogen) atoms. The minimum absolute atomic E-state index is 0.0506. The van der Waals surface area contributed by atoms with Crippen molar-refractivity contribution in [3.8, 4) is 0 Å². The molecule has 2 rings (SSSR count). The predicted octanol–water partition coefficient (Wildman–Crippen LogP) is 5.28. The summed E-state index contributed by atoms with van der Waals surface area (Å²) < 4.78 is 10.7. The Morgan fingerprint density at radius 3 is 2.70 bits per heavy atom. The fourth-order valence-electron chi connectivity index (χ4n) is 3.88. The Bertz CT molecular complexity index is 628. The summed E-state index contributed by atoms with van der Waals surface area (Å²) >= 11 is 0. The molecule has 4 nitrogen and oxygen atoms in total. The Balaban J connectivity index is 2.14. The molecule has 2 aliphatic rings. The lowest BCUT2D eigenvalue weighted by molar-refractivity contribution is -0.144. The number of hydrogen-bond acceptors (Lipinski definition) is 4. The maximum Gasteiger partial charge on any atom is 0.343 e. The van der Waals surface area contributed by atoms with Gasteiger partial charge >= 0.3 is 5.97 Å². The molecule has 150 valence electrons. The quantitative estimate of drug-likeness (QED) is 0.385. The van der Waals surface area contributed by atoms with Gasteiger partial charge < -0.3 is 14.4 Å². The van der Waals surface area contributed by atoms with Crippen LogP contribution < -0.4 is 0 Å². The molecule has 1 atom stereocenters. The molecule has 0 bridgehead atoms. The molecular weight excluding hydrogens is 338 g/mol. The molecule has 0 aromatic heterocycles. The fraction of sp³-hybridized carbons (Fsp3) is 0.609. The molecule has 1 aliphatic carbocycles. The number of likely N-dealkylation sites (N-methyl/N-ethyl adjacent to an activating group) is 1. The normalized spacial score (nSPS) is 19.3. The van der Waals surface area contributed by atoms with Crippen molar-refractivity contribution in [1.29, 1.82) is 0 Å².